The summed E-state index contributed by atoms with van der Waals surface area (Å²) in [6, 6.07) is 21.3. The molecule has 3 aromatic rings. The molecule has 0 radical (unpaired) electrons. The van der Waals surface area contributed by atoms with Gasteiger partial charge < -0.3 is 14.8 Å². The first-order valence-corrected chi connectivity index (χ1v) is 11.1. The van der Waals surface area contributed by atoms with E-state index >= 15 is 0 Å². The van der Waals surface area contributed by atoms with E-state index in [1.807, 2.05) is 36.5 Å². The second kappa shape index (κ2) is 9.92. The summed E-state index contributed by atoms with van der Waals surface area (Å²) < 4.78 is 12.1. The van der Waals surface area contributed by atoms with E-state index in [2.05, 4.69) is 58.1 Å². The van der Waals surface area contributed by atoms with Gasteiger partial charge in [-0.3, -0.25) is 4.90 Å². The molecule has 1 aliphatic heterocycles. The van der Waals surface area contributed by atoms with Crippen molar-refractivity contribution in [2.75, 3.05) is 32.8 Å². The van der Waals surface area contributed by atoms with Crippen molar-refractivity contribution < 1.29 is 9.47 Å². The molecule has 0 amide bonds. The van der Waals surface area contributed by atoms with Crippen LogP contribution in [-0.2, 0) is 6.61 Å². The summed E-state index contributed by atoms with van der Waals surface area (Å²) in [4.78, 5) is 3.92. The summed E-state index contributed by atoms with van der Waals surface area (Å²) in [6.07, 6.45) is 0. The number of thiophene rings is 1. The lowest BCUT2D eigenvalue weighted by Crippen LogP contribution is -2.45. The van der Waals surface area contributed by atoms with Gasteiger partial charge in [0.15, 0.2) is 11.5 Å². The molecule has 4 rings (SSSR count). The fraction of sp³-hybridized carbons (Fsp3) is 0.333. The lowest BCUT2D eigenvalue weighted by Gasteiger charge is -2.35. The average molecular weight is 409 g/mol. The SMILES string of the molecule is CCOc1cc([C@H](c2cccs2)N2CCNCC2)ccc1OCc1ccccc1. The quantitative estimate of drug-likeness (QED) is 0.585. The maximum atomic E-state index is 6.10. The van der Waals surface area contributed by atoms with Crippen molar-refractivity contribution >= 4 is 11.3 Å². The smallest absolute Gasteiger partial charge is 0.161 e. The highest BCUT2D eigenvalue weighted by Crippen LogP contribution is 2.37. The molecule has 1 saturated heterocycles. The molecule has 1 aliphatic rings. The number of benzene rings is 2. The van der Waals surface area contributed by atoms with Gasteiger partial charge in [0.1, 0.15) is 6.61 Å². The van der Waals surface area contributed by atoms with Crippen molar-refractivity contribution in [2.45, 2.75) is 19.6 Å². The Morgan fingerprint density at radius 2 is 1.79 bits per heavy atom. The Balaban J connectivity index is 1.60. The highest BCUT2D eigenvalue weighted by molar-refractivity contribution is 7.10. The van der Waals surface area contributed by atoms with Crippen LogP contribution in [0.15, 0.2) is 66.0 Å². The summed E-state index contributed by atoms with van der Waals surface area (Å²) >= 11 is 1.82. The maximum absolute atomic E-state index is 6.10. The Labute approximate surface area is 177 Å². The Kier molecular flexibility index (Phi) is 6.83. The first-order chi connectivity index (χ1) is 14.3. The van der Waals surface area contributed by atoms with E-state index in [0.29, 0.717) is 13.2 Å². The van der Waals surface area contributed by atoms with Crippen LogP contribution in [0.2, 0.25) is 0 Å². The maximum Gasteiger partial charge on any atom is 0.161 e. The molecule has 4 nitrogen and oxygen atoms in total. The number of hydrogen-bond donors (Lipinski definition) is 1. The third-order valence-corrected chi connectivity index (χ3v) is 6.07. The highest BCUT2D eigenvalue weighted by Gasteiger charge is 2.25. The standard InChI is InChI=1S/C24H28N2O2S/c1-2-27-22-17-20(10-11-21(22)28-18-19-7-4-3-5-8-19)24(23-9-6-16-29-23)26-14-12-25-13-15-26/h3-11,16-17,24-25H,2,12-15,18H2,1H3/t24-/m1/s1. The predicted octanol–water partition coefficient (Wildman–Crippen LogP) is 4.72. The molecule has 29 heavy (non-hydrogen) atoms. The van der Waals surface area contributed by atoms with Crippen LogP contribution in [0.25, 0.3) is 0 Å². The molecule has 0 bridgehead atoms. The molecular formula is C24H28N2O2S. The van der Waals surface area contributed by atoms with Gasteiger partial charge in [0.25, 0.3) is 0 Å². The molecule has 152 valence electrons. The van der Waals surface area contributed by atoms with Gasteiger partial charge in [-0.15, -0.1) is 11.3 Å². The predicted molar refractivity (Wildman–Crippen MR) is 119 cm³/mol. The Morgan fingerprint density at radius 1 is 0.966 bits per heavy atom. The van der Waals surface area contributed by atoms with Crippen LogP contribution in [0.5, 0.6) is 11.5 Å². The minimum Gasteiger partial charge on any atom is -0.490 e. The summed E-state index contributed by atoms with van der Waals surface area (Å²) in [7, 11) is 0. The largest absolute Gasteiger partial charge is 0.490 e. The van der Waals surface area contributed by atoms with Crippen molar-refractivity contribution in [1.29, 1.82) is 0 Å². The van der Waals surface area contributed by atoms with Crippen LogP contribution in [0.1, 0.15) is 29.0 Å². The van der Waals surface area contributed by atoms with E-state index in [9.17, 15) is 0 Å². The van der Waals surface area contributed by atoms with Crippen LogP contribution in [0, 0.1) is 0 Å². The monoisotopic (exact) mass is 408 g/mol. The minimum atomic E-state index is 0.250. The summed E-state index contributed by atoms with van der Waals surface area (Å²) in [5, 5.41) is 5.61. The number of hydrogen-bond acceptors (Lipinski definition) is 5. The average Bonchev–Trinajstić information content (AvgIpc) is 3.29. The van der Waals surface area contributed by atoms with Gasteiger partial charge in [-0.1, -0.05) is 42.5 Å². The van der Waals surface area contributed by atoms with Gasteiger partial charge >= 0.3 is 0 Å². The van der Waals surface area contributed by atoms with Crippen molar-refractivity contribution in [1.82, 2.24) is 10.2 Å². The number of piperazine rings is 1. The van der Waals surface area contributed by atoms with E-state index in [1.165, 1.54) is 10.4 Å². The number of rotatable bonds is 8. The summed E-state index contributed by atoms with van der Waals surface area (Å²) in [5.41, 5.74) is 2.40. The minimum absolute atomic E-state index is 0.250. The zero-order valence-corrected chi connectivity index (χ0v) is 17.7. The topological polar surface area (TPSA) is 33.7 Å². The summed E-state index contributed by atoms with van der Waals surface area (Å²) in [6.45, 7) is 7.30. The molecule has 0 aliphatic carbocycles. The highest BCUT2D eigenvalue weighted by atomic mass is 32.1. The normalized spacial score (nSPS) is 15.8. The van der Waals surface area contributed by atoms with E-state index in [-0.39, 0.29) is 6.04 Å². The van der Waals surface area contributed by atoms with Crippen molar-refractivity contribution in [3.63, 3.8) is 0 Å². The van der Waals surface area contributed by atoms with Gasteiger partial charge in [0, 0.05) is 31.1 Å². The third kappa shape index (κ3) is 4.99. The van der Waals surface area contributed by atoms with Crippen LogP contribution in [0.3, 0.4) is 0 Å². The zero-order valence-electron chi connectivity index (χ0n) is 16.8. The molecule has 2 heterocycles. The van der Waals surface area contributed by atoms with Gasteiger partial charge in [-0.2, -0.15) is 0 Å². The molecule has 1 aromatic heterocycles. The van der Waals surface area contributed by atoms with E-state index in [0.717, 1.165) is 43.2 Å². The van der Waals surface area contributed by atoms with Crippen LogP contribution in [0.4, 0.5) is 0 Å². The van der Waals surface area contributed by atoms with Gasteiger partial charge in [-0.05, 0) is 41.6 Å². The second-order valence-corrected chi connectivity index (χ2v) is 8.10. The summed E-state index contributed by atoms with van der Waals surface area (Å²) in [5.74, 6) is 1.61. The van der Waals surface area contributed by atoms with Crippen molar-refractivity contribution in [3.05, 3.63) is 82.0 Å². The van der Waals surface area contributed by atoms with E-state index in [1.54, 1.807) is 0 Å². The zero-order chi connectivity index (χ0) is 19.9. The molecule has 1 N–H and O–H groups in total. The number of nitrogens with one attached hydrogen (secondary N) is 1. The molecule has 1 fully saturated rings. The van der Waals surface area contributed by atoms with Crippen molar-refractivity contribution in [2.24, 2.45) is 0 Å². The lowest BCUT2D eigenvalue weighted by molar-refractivity contribution is 0.200. The van der Waals surface area contributed by atoms with Crippen molar-refractivity contribution in [3.8, 4) is 11.5 Å². The molecule has 0 saturated carbocycles. The molecule has 1 atom stereocenters. The van der Waals surface area contributed by atoms with Gasteiger partial charge in [0.2, 0.25) is 0 Å². The Bertz CT molecular complexity index is 877. The second-order valence-electron chi connectivity index (χ2n) is 7.12. The molecule has 2 aromatic carbocycles. The van der Waals surface area contributed by atoms with Gasteiger partial charge in [-0.25, -0.2) is 0 Å². The number of nitrogens with zero attached hydrogens (tertiary/aromatic N) is 1. The van der Waals surface area contributed by atoms with Crippen LogP contribution >= 0.6 is 11.3 Å². The fourth-order valence-electron chi connectivity index (χ4n) is 3.76. The third-order valence-electron chi connectivity index (χ3n) is 5.15. The van der Waals surface area contributed by atoms with Gasteiger partial charge in [0.05, 0.1) is 12.6 Å². The molecule has 0 spiro atoms. The first kappa shape index (κ1) is 20.0. The Morgan fingerprint density at radius 3 is 2.52 bits per heavy atom. The Hall–Kier alpha value is -2.34. The number of ether oxygens (including phenoxy) is 2. The van der Waals surface area contributed by atoms with E-state index in [4.69, 9.17) is 9.47 Å². The first-order valence-electron chi connectivity index (χ1n) is 10.3. The van der Waals surface area contributed by atoms with E-state index < -0.39 is 0 Å². The molecule has 0 unspecified atom stereocenters. The lowest BCUT2D eigenvalue weighted by atomic mass is 10.0. The molecule has 5 heteroatoms. The molecular weight excluding hydrogens is 380 g/mol. The van der Waals surface area contributed by atoms with Crippen LogP contribution < -0.4 is 14.8 Å². The van der Waals surface area contributed by atoms with Crippen LogP contribution in [-0.4, -0.2) is 37.7 Å². The fourth-order valence-corrected chi connectivity index (χ4v) is 4.65.